The Hall–Kier alpha value is -3.33. The maximum atomic E-state index is 11.8. The van der Waals surface area contributed by atoms with E-state index < -0.39 is 0 Å². The summed E-state index contributed by atoms with van der Waals surface area (Å²) in [6.45, 7) is 0.526. The van der Waals surface area contributed by atoms with Crippen molar-refractivity contribution in [3.05, 3.63) is 101 Å². The van der Waals surface area contributed by atoms with Crippen molar-refractivity contribution in [2.45, 2.75) is 6.61 Å². The average molecular weight is 328 g/mol. The zero-order chi connectivity index (χ0) is 17.1. The molecule has 0 N–H and O–H groups in total. The van der Waals surface area contributed by atoms with Gasteiger partial charge in [-0.25, -0.2) is 4.79 Å². The summed E-state index contributed by atoms with van der Waals surface area (Å²) in [7, 11) is 0. The van der Waals surface area contributed by atoms with Crippen LogP contribution in [0.4, 0.5) is 0 Å². The number of para-hydroxylation sites is 1. The Morgan fingerprint density at radius 3 is 2.32 bits per heavy atom. The predicted molar refractivity (Wildman–Crippen MR) is 98.7 cm³/mol. The lowest BCUT2D eigenvalue weighted by Gasteiger charge is -2.09. The Kier molecular flexibility index (Phi) is 4.05. The molecule has 0 aliphatic heterocycles. The van der Waals surface area contributed by atoms with E-state index in [4.69, 9.17) is 9.15 Å². The highest BCUT2D eigenvalue weighted by molar-refractivity contribution is 5.93. The van der Waals surface area contributed by atoms with Crippen molar-refractivity contribution in [3.8, 4) is 16.9 Å². The Bertz CT molecular complexity index is 1050. The van der Waals surface area contributed by atoms with E-state index in [9.17, 15) is 4.79 Å². The SMILES string of the molecule is O=c1cc(-c2ccc(OCc3ccccc3)cc2)c2ccccc2o1. The number of hydrogen-bond acceptors (Lipinski definition) is 3. The molecule has 0 bridgehead atoms. The minimum atomic E-state index is -0.349. The first-order valence-electron chi connectivity index (χ1n) is 8.10. The van der Waals surface area contributed by atoms with Gasteiger partial charge in [0.1, 0.15) is 17.9 Å². The molecule has 0 saturated heterocycles. The van der Waals surface area contributed by atoms with Crippen molar-refractivity contribution in [1.29, 1.82) is 0 Å². The van der Waals surface area contributed by atoms with Crippen molar-refractivity contribution in [1.82, 2.24) is 0 Å². The maximum Gasteiger partial charge on any atom is 0.336 e. The fourth-order valence-corrected chi connectivity index (χ4v) is 2.82. The van der Waals surface area contributed by atoms with Gasteiger partial charge in [0, 0.05) is 11.5 Å². The fraction of sp³-hybridized carbons (Fsp3) is 0.0455. The molecule has 4 aromatic rings. The van der Waals surface area contributed by atoms with Gasteiger partial charge in [-0.15, -0.1) is 0 Å². The molecule has 1 heterocycles. The summed E-state index contributed by atoms with van der Waals surface area (Å²) in [4.78, 5) is 11.8. The zero-order valence-corrected chi connectivity index (χ0v) is 13.5. The Morgan fingerprint density at radius 1 is 0.800 bits per heavy atom. The average Bonchev–Trinajstić information content (AvgIpc) is 2.67. The summed E-state index contributed by atoms with van der Waals surface area (Å²) in [5, 5.41) is 0.917. The third kappa shape index (κ3) is 3.31. The summed E-state index contributed by atoms with van der Waals surface area (Å²) in [5.41, 5.74) is 3.18. The van der Waals surface area contributed by atoms with Crippen LogP contribution >= 0.6 is 0 Å². The monoisotopic (exact) mass is 328 g/mol. The number of rotatable bonds is 4. The second kappa shape index (κ2) is 6.65. The molecular formula is C22H16O3. The molecule has 1 aromatic heterocycles. The molecule has 0 atom stereocenters. The fourth-order valence-electron chi connectivity index (χ4n) is 2.82. The van der Waals surface area contributed by atoms with E-state index in [0.717, 1.165) is 27.8 Å². The van der Waals surface area contributed by atoms with Crippen molar-refractivity contribution in [2.75, 3.05) is 0 Å². The van der Waals surface area contributed by atoms with Crippen LogP contribution in [-0.4, -0.2) is 0 Å². The molecule has 0 fully saturated rings. The molecule has 4 rings (SSSR count). The number of ether oxygens (including phenoxy) is 1. The van der Waals surface area contributed by atoms with Gasteiger partial charge in [0.15, 0.2) is 0 Å². The number of hydrogen-bond donors (Lipinski definition) is 0. The first kappa shape index (κ1) is 15.2. The standard InChI is InChI=1S/C22H16O3/c23-22-14-20(19-8-4-5-9-21(19)25-22)17-10-12-18(13-11-17)24-15-16-6-2-1-3-7-16/h1-14H,15H2. The molecule has 0 radical (unpaired) electrons. The number of benzene rings is 3. The molecule has 0 saturated carbocycles. The second-order valence-corrected chi connectivity index (χ2v) is 5.77. The van der Waals surface area contributed by atoms with Crippen molar-refractivity contribution in [2.24, 2.45) is 0 Å². The van der Waals surface area contributed by atoms with Crippen LogP contribution in [0.2, 0.25) is 0 Å². The summed E-state index contributed by atoms with van der Waals surface area (Å²) in [6, 6.07) is 26.9. The van der Waals surface area contributed by atoms with Crippen LogP contribution in [0, 0.1) is 0 Å². The molecule has 0 unspecified atom stereocenters. The highest BCUT2D eigenvalue weighted by Crippen LogP contribution is 2.28. The first-order chi connectivity index (χ1) is 12.3. The third-order valence-corrected chi connectivity index (χ3v) is 4.06. The molecule has 0 aliphatic rings. The minimum Gasteiger partial charge on any atom is -0.489 e. The Morgan fingerprint density at radius 2 is 1.52 bits per heavy atom. The van der Waals surface area contributed by atoms with Crippen LogP contribution in [-0.2, 0) is 6.61 Å². The summed E-state index contributed by atoms with van der Waals surface area (Å²) < 4.78 is 11.1. The van der Waals surface area contributed by atoms with E-state index in [2.05, 4.69) is 0 Å². The van der Waals surface area contributed by atoms with Crippen molar-refractivity contribution >= 4 is 11.0 Å². The van der Waals surface area contributed by atoms with E-state index in [0.29, 0.717) is 12.2 Å². The second-order valence-electron chi connectivity index (χ2n) is 5.77. The lowest BCUT2D eigenvalue weighted by atomic mass is 10.0. The lowest BCUT2D eigenvalue weighted by Crippen LogP contribution is -1.98. The van der Waals surface area contributed by atoms with Crippen LogP contribution in [0.5, 0.6) is 5.75 Å². The quantitative estimate of drug-likeness (QED) is 0.493. The van der Waals surface area contributed by atoms with E-state index in [1.807, 2.05) is 72.8 Å². The molecule has 0 aliphatic carbocycles. The van der Waals surface area contributed by atoms with Gasteiger partial charge >= 0.3 is 5.63 Å². The smallest absolute Gasteiger partial charge is 0.336 e. The first-order valence-corrected chi connectivity index (χ1v) is 8.10. The molecule has 3 heteroatoms. The van der Waals surface area contributed by atoms with E-state index >= 15 is 0 Å². The molecule has 3 aromatic carbocycles. The van der Waals surface area contributed by atoms with Crippen molar-refractivity contribution in [3.63, 3.8) is 0 Å². The molecule has 0 amide bonds. The third-order valence-electron chi connectivity index (χ3n) is 4.06. The van der Waals surface area contributed by atoms with Gasteiger partial charge in [-0.05, 0) is 34.9 Å². The van der Waals surface area contributed by atoms with Gasteiger partial charge in [0.2, 0.25) is 0 Å². The minimum absolute atomic E-state index is 0.349. The van der Waals surface area contributed by atoms with Crippen molar-refractivity contribution < 1.29 is 9.15 Å². The van der Waals surface area contributed by atoms with Crippen LogP contribution in [0.25, 0.3) is 22.1 Å². The summed E-state index contributed by atoms with van der Waals surface area (Å²) in [5.74, 6) is 0.792. The van der Waals surface area contributed by atoms with Gasteiger partial charge < -0.3 is 9.15 Å². The highest BCUT2D eigenvalue weighted by atomic mass is 16.5. The molecular weight excluding hydrogens is 312 g/mol. The normalized spacial score (nSPS) is 10.7. The zero-order valence-electron chi connectivity index (χ0n) is 13.5. The van der Waals surface area contributed by atoms with Gasteiger partial charge in [0.25, 0.3) is 0 Å². The summed E-state index contributed by atoms with van der Waals surface area (Å²) >= 11 is 0. The van der Waals surface area contributed by atoms with Gasteiger partial charge in [-0.2, -0.15) is 0 Å². The molecule has 122 valence electrons. The van der Waals surface area contributed by atoms with Crippen LogP contribution in [0.15, 0.2) is 94.1 Å². The number of fused-ring (bicyclic) bond motifs is 1. The highest BCUT2D eigenvalue weighted by Gasteiger charge is 2.07. The largest absolute Gasteiger partial charge is 0.489 e. The molecule has 0 spiro atoms. The van der Waals surface area contributed by atoms with Crippen LogP contribution < -0.4 is 10.4 Å². The molecule has 25 heavy (non-hydrogen) atoms. The predicted octanol–water partition coefficient (Wildman–Crippen LogP) is 5.04. The van der Waals surface area contributed by atoms with E-state index in [1.54, 1.807) is 6.07 Å². The van der Waals surface area contributed by atoms with Gasteiger partial charge in [-0.1, -0.05) is 60.7 Å². The van der Waals surface area contributed by atoms with Gasteiger partial charge in [-0.3, -0.25) is 0 Å². The Balaban J connectivity index is 1.61. The summed E-state index contributed by atoms with van der Waals surface area (Å²) in [6.07, 6.45) is 0. The Labute approximate surface area is 145 Å². The van der Waals surface area contributed by atoms with Crippen LogP contribution in [0.1, 0.15) is 5.56 Å². The van der Waals surface area contributed by atoms with Crippen LogP contribution in [0.3, 0.4) is 0 Å². The molecule has 3 nitrogen and oxygen atoms in total. The van der Waals surface area contributed by atoms with E-state index in [-0.39, 0.29) is 5.63 Å². The van der Waals surface area contributed by atoms with Gasteiger partial charge in [0.05, 0.1) is 0 Å². The maximum absolute atomic E-state index is 11.8. The van der Waals surface area contributed by atoms with E-state index in [1.165, 1.54) is 6.07 Å². The topological polar surface area (TPSA) is 39.4 Å². The lowest BCUT2D eigenvalue weighted by molar-refractivity contribution is 0.306.